The lowest BCUT2D eigenvalue weighted by Gasteiger charge is -2.30. The number of fused-ring (bicyclic) bond motifs is 1. The lowest BCUT2D eigenvalue weighted by atomic mass is 10.2. The molecule has 3 heterocycles. The predicted molar refractivity (Wildman–Crippen MR) is 125 cm³/mol. The molecule has 4 rings (SSSR count). The van der Waals surface area contributed by atoms with Crippen molar-refractivity contribution in [3.05, 3.63) is 53.5 Å². The highest BCUT2D eigenvalue weighted by Gasteiger charge is 2.17. The Balaban J connectivity index is 1.71. The van der Waals surface area contributed by atoms with Gasteiger partial charge in [-0.1, -0.05) is 30.3 Å². The summed E-state index contributed by atoms with van der Waals surface area (Å²) in [5.41, 5.74) is 3.67. The van der Waals surface area contributed by atoms with Crippen LogP contribution in [0.25, 0.3) is 28.2 Å². The standard InChI is InChI=1S/C23H28N6S/c1-16(2)28(17(3)4)12-11-24-22-20-23(29(15-25-20)19-10-13-30-14-19)27-21(26-22)18-8-6-5-7-9-18/h5-10,13-17H,11-12H2,1-4H3,(H,24,26,27). The number of benzene rings is 1. The normalized spacial score (nSPS) is 11.8. The number of rotatable bonds is 8. The van der Waals surface area contributed by atoms with Crippen molar-refractivity contribution in [2.24, 2.45) is 0 Å². The van der Waals surface area contributed by atoms with Gasteiger partial charge in [-0.2, -0.15) is 11.3 Å². The molecule has 30 heavy (non-hydrogen) atoms. The van der Waals surface area contributed by atoms with Gasteiger partial charge in [0.05, 0.1) is 5.69 Å². The molecule has 0 atom stereocenters. The molecule has 0 saturated heterocycles. The average molecular weight is 421 g/mol. The maximum absolute atomic E-state index is 4.87. The summed E-state index contributed by atoms with van der Waals surface area (Å²) in [5.74, 6) is 1.48. The molecule has 4 aromatic rings. The van der Waals surface area contributed by atoms with Crippen LogP contribution in [0.15, 0.2) is 53.5 Å². The number of aromatic nitrogens is 4. The summed E-state index contributed by atoms with van der Waals surface area (Å²) in [5, 5.41) is 7.69. The second-order valence-corrected chi connectivity index (χ2v) is 8.66. The molecule has 0 spiro atoms. The zero-order chi connectivity index (χ0) is 21.1. The largest absolute Gasteiger partial charge is 0.367 e. The van der Waals surface area contributed by atoms with Crippen molar-refractivity contribution in [1.29, 1.82) is 0 Å². The number of nitrogens with one attached hydrogen (secondary N) is 1. The van der Waals surface area contributed by atoms with E-state index in [1.54, 1.807) is 11.3 Å². The molecule has 7 heteroatoms. The minimum atomic E-state index is 0.495. The van der Waals surface area contributed by atoms with Gasteiger partial charge < -0.3 is 5.32 Å². The number of thiophene rings is 1. The van der Waals surface area contributed by atoms with Crippen LogP contribution in [0.4, 0.5) is 5.82 Å². The number of hydrogen-bond acceptors (Lipinski definition) is 6. The third-order valence-electron chi connectivity index (χ3n) is 5.20. The van der Waals surface area contributed by atoms with E-state index in [9.17, 15) is 0 Å². The Morgan fingerprint density at radius 3 is 2.47 bits per heavy atom. The van der Waals surface area contributed by atoms with E-state index in [0.29, 0.717) is 17.9 Å². The molecule has 0 aliphatic rings. The van der Waals surface area contributed by atoms with E-state index in [1.165, 1.54) is 0 Å². The Kier molecular flexibility index (Phi) is 6.11. The maximum atomic E-state index is 4.87. The predicted octanol–water partition coefficient (Wildman–Crippen LogP) is 5.07. The van der Waals surface area contributed by atoms with Crippen LogP contribution in [0.2, 0.25) is 0 Å². The zero-order valence-corrected chi connectivity index (χ0v) is 18.7. The minimum Gasteiger partial charge on any atom is -0.367 e. The van der Waals surface area contributed by atoms with Crippen LogP contribution in [-0.4, -0.2) is 49.6 Å². The number of imidazole rings is 1. The summed E-state index contributed by atoms with van der Waals surface area (Å²) >= 11 is 1.66. The highest BCUT2D eigenvalue weighted by molar-refractivity contribution is 7.08. The van der Waals surface area contributed by atoms with E-state index < -0.39 is 0 Å². The van der Waals surface area contributed by atoms with E-state index in [0.717, 1.165) is 41.3 Å². The molecule has 0 amide bonds. The summed E-state index contributed by atoms with van der Waals surface area (Å²) in [6, 6.07) is 13.2. The maximum Gasteiger partial charge on any atom is 0.170 e. The van der Waals surface area contributed by atoms with Crippen LogP contribution >= 0.6 is 11.3 Å². The van der Waals surface area contributed by atoms with Gasteiger partial charge in [0.25, 0.3) is 0 Å². The van der Waals surface area contributed by atoms with Gasteiger partial charge in [-0.25, -0.2) is 15.0 Å². The summed E-state index contributed by atoms with van der Waals surface area (Å²) in [7, 11) is 0. The molecule has 0 saturated carbocycles. The second kappa shape index (κ2) is 8.93. The van der Waals surface area contributed by atoms with Crippen LogP contribution in [0, 0.1) is 0 Å². The highest BCUT2D eigenvalue weighted by Crippen LogP contribution is 2.26. The van der Waals surface area contributed by atoms with Crippen LogP contribution in [0.5, 0.6) is 0 Å². The first-order chi connectivity index (χ1) is 14.5. The fourth-order valence-corrected chi connectivity index (χ4v) is 4.37. The van der Waals surface area contributed by atoms with Gasteiger partial charge in [0.1, 0.15) is 6.33 Å². The van der Waals surface area contributed by atoms with Crippen LogP contribution < -0.4 is 5.32 Å². The first-order valence-electron chi connectivity index (χ1n) is 10.4. The van der Waals surface area contributed by atoms with Crippen molar-refractivity contribution in [2.75, 3.05) is 18.4 Å². The van der Waals surface area contributed by atoms with Gasteiger partial charge in [-0.15, -0.1) is 0 Å². The zero-order valence-electron chi connectivity index (χ0n) is 17.9. The van der Waals surface area contributed by atoms with Gasteiger partial charge in [0.15, 0.2) is 22.8 Å². The van der Waals surface area contributed by atoms with Gasteiger partial charge in [0.2, 0.25) is 0 Å². The molecule has 1 aromatic carbocycles. The number of anilines is 1. The molecule has 1 N–H and O–H groups in total. The quantitative estimate of drug-likeness (QED) is 0.431. The SMILES string of the molecule is CC(C)N(CCNc1nc(-c2ccccc2)nc2c1ncn2-c1ccsc1)C(C)C. The van der Waals surface area contributed by atoms with E-state index in [1.807, 2.05) is 41.2 Å². The van der Waals surface area contributed by atoms with Gasteiger partial charge in [-0.05, 0) is 39.1 Å². The molecular weight excluding hydrogens is 392 g/mol. The van der Waals surface area contributed by atoms with Crippen LogP contribution in [-0.2, 0) is 0 Å². The fraction of sp³-hybridized carbons (Fsp3) is 0.348. The summed E-state index contributed by atoms with van der Waals surface area (Å²) in [6.07, 6.45) is 1.83. The van der Waals surface area contributed by atoms with E-state index in [4.69, 9.17) is 9.97 Å². The first kappa shape index (κ1) is 20.5. The number of hydrogen-bond donors (Lipinski definition) is 1. The third-order valence-corrected chi connectivity index (χ3v) is 5.87. The fourth-order valence-electron chi connectivity index (χ4n) is 3.74. The van der Waals surface area contributed by atoms with E-state index in [-0.39, 0.29) is 0 Å². The summed E-state index contributed by atoms with van der Waals surface area (Å²) in [4.78, 5) is 16.8. The molecule has 156 valence electrons. The minimum absolute atomic E-state index is 0.495. The lowest BCUT2D eigenvalue weighted by Crippen LogP contribution is -2.40. The van der Waals surface area contributed by atoms with Crippen LogP contribution in [0.1, 0.15) is 27.7 Å². The monoisotopic (exact) mass is 420 g/mol. The molecule has 0 unspecified atom stereocenters. The Bertz CT molecular complexity index is 1080. The molecule has 3 aromatic heterocycles. The van der Waals surface area contributed by atoms with Gasteiger partial charge >= 0.3 is 0 Å². The van der Waals surface area contributed by atoms with Crippen molar-refractivity contribution < 1.29 is 0 Å². The Labute approximate surface area is 181 Å². The molecule has 0 aliphatic carbocycles. The van der Waals surface area contributed by atoms with Gasteiger partial charge in [-0.3, -0.25) is 9.47 Å². The number of nitrogens with zero attached hydrogens (tertiary/aromatic N) is 5. The molecule has 0 radical (unpaired) electrons. The molecule has 0 bridgehead atoms. The molecular formula is C23H28N6S. The second-order valence-electron chi connectivity index (χ2n) is 7.88. The average Bonchev–Trinajstić information content (AvgIpc) is 3.40. The van der Waals surface area contributed by atoms with Crippen LogP contribution in [0.3, 0.4) is 0 Å². The molecule has 6 nitrogen and oxygen atoms in total. The Morgan fingerprint density at radius 2 is 1.80 bits per heavy atom. The smallest absolute Gasteiger partial charge is 0.170 e. The summed E-state index contributed by atoms with van der Waals surface area (Å²) in [6.45, 7) is 10.7. The van der Waals surface area contributed by atoms with Crippen molar-refractivity contribution in [2.45, 2.75) is 39.8 Å². The summed E-state index contributed by atoms with van der Waals surface area (Å²) < 4.78 is 2.03. The van der Waals surface area contributed by atoms with Crippen molar-refractivity contribution in [3.63, 3.8) is 0 Å². The van der Waals surface area contributed by atoms with Gasteiger partial charge in [0, 0.05) is 36.1 Å². The Hall–Kier alpha value is -2.77. The van der Waals surface area contributed by atoms with Crippen molar-refractivity contribution in [1.82, 2.24) is 24.4 Å². The lowest BCUT2D eigenvalue weighted by molar-refractivity contribution is 0.182. The van der Waals surface area contributed by atoms with E-state index >= 15 is 0 Å². The van der Waals surface area contributed by atoms with Crippen molar-refractivity contribution >= 4 is 28.3 Å². The third kappa shape index (κ3) is 4.22. The topological polar surface area (TPSA) is 58.9 Å². The molecule has 0 fully saturated rings. The Morgan fingerprint density at radius 1 is 1.03 bits per heavy atom. The van der Waals surface area contributed by atoms with Crippen molar-refractivity contribution in [3.8, 4) is 17.1 Å². The first-order valence-corrected chi connectivity index (χ1v) is 11.3. The van der Waals surface area contributed by atoms with E-state index in [2.05, 4.69) is 59.7 Å². The molecule has 0 aliphatic heterocycles. The highest BCUT2D eigenvalue weighted by atomic mass is 32.1.